The Morgan fingerprint density at radius 2 is 1.77 bits per heavy atom. The zero-order valence-corrected chi connectivity index (χ0v) is 16.5. The number of hydrogen-bond donors (Lipinski definition) is 1. The van der Waals surface area contributed by atoms with Gasteiger partial charge in [-0.3, -0.25) is 9.69 Å². The second-order valence-electron chi connectivity index (χ2n) is 6.03. The maximum Gasteiger partial charge on any atom is 0.243 e. The molecule has 1 aliphatic heterocycles. The Morgan fingerprint density at radius 1 is 1.15 bits per heavy atom. The molecule has 0 aliphatic carbocycles. The second-order valence-corrected chi connectivity index (χ2v) is 7.97. The van der Waals surface area contributed by atoms with Crippen LogP contribution in [0.3, 0.4) is 0 Å². The molecule has 0 radical (unpaired) electrons. The molecule has 26 heavy (non-hydrogen) atoms. The first-order valence-corrected chi connectivity index (χ1v) is 10.0. The maximum atomic E-state index is 12.9. The molecular weight excluding hydrogens is 358 g/mol. The minimum Gasteiger partial charge on any atom is -0.493 e. The Hall–Kier alpha value is -1.84. The van der Waals surface area contributed by atoms with Crippen LogP contribution >= 0.6 is 0 Å². The van der Waals surface area contributed by atoms with Crippen LogP contribution in [0.5, 0.6) is 11.5 Å². The molecule has 0 unspecified atom stereocenters. The van der Waals surface area contributed by atoms with Crippen LogP contribution in [0.1, 0.15) is 13.8 Å². The minimum atomic E-state index is -3.63. The predicted octanol–water partition coefficient (Wildman–Crippen LogP) is 0.535. The Bertz CT molecular complexity index is 730. The molecule has 146 valence electrons. The molecule has 0 saturated carbocycles. The molecule has 0 spiro atoms. The van der Waals surface area contributed by atoms with E-state index in [0.29, 0.717) is 44.2 Å². The zero-order chi connectivity index (χ0) is 19.3. The molecule has 1 aromatic carbocycles. The van der Waals surface area contributed by atoms with E-state index in [0.717, 1.165) is 0 Å². The van der Waals surface area contributed by atoms with Crippen molar-refractivity contribution in [1.82, 2.24) is 14.5 Å². The molecule has 1 aromatic rings. The fourth-order valence-corrected chi connectivity index (χ4v) is 4.38. The van der Waals surface area contributed by atoms with E-state index in [2.05, 4.69) is 5.32 Å². The van der Waals surface area contributed by atoms with Crippen LogP contribution in [-0.2, 0) is 14.8 Å². The summed E-state index contributed by atoms with van der Waals surface area (Å²) in [5, 5.41) is 2.80. The highest BCUT2D eigenvalue weighted by Crippen LogP contribution is 2.30. The summed E-state index contributed by atoms with van der Waals surface area (Å²) in [4.78, 5) is 14.1. The van der Waals surface area contributed by atoms with Gasteiger partial charge in [0.25, 0.3) is 0 Å². The number of methoxy groups -OCH3 is 2. The Labute approximate surface area is 155 Å². The normalized spacial score (nSPS) is 17.5. The van der Waals surface area contributed by atoms with Crippen molar-refractivity contribution in [2.45, 2.75) is 24.8 Å². The van der Waals surface area contributed by atoms with Crippen LogP contribution in [0.15, 0.2) is 23.1 Å². The van der Waals surface area contributed by atoms with Crippen molar-refractivity contribution in [3.63, 3.8) is 0 Å². The van der Waals surface area contributed by atoms with Gasteiger partial charge in [-0.15, -0.1) is 0 Å². The van der Waals surface area contributed by atoms with E-state index in [4.69, 9.17) is 9.47 Å². The smallest absolute Gasteiger partial charge is 0.243 e. The average molecular weight is 385 g/mol. The van der Waals surface area contributed by atoms with Crippen LogP contribution in [0, 0.1) is 0 Å². The summed E-state index contributed by atoms with van der Waals surface area (Å²) in [5.41, 5.74) is 0. The van der Waals surface area contributed by atoms with E-state index in [1.807, 2.05) is 18.7 Å². The highest BCUT2D eigenvalue weighted by Gasteiger charge is 2.32. The van der Waals surface area contributed by atoms with E-state index < -0.39 is 10.0 Å². The third kappa shape index (κ3) is 4.28. The fourth-order valence-electron chi connectivity index (χ4n) is 2.95. The number of carbonyl (C=O) groups is 1. The molecule has 1 saturated heterocycles. The number of sulfonamides is 1. The van der Waals surface area contributed by atoms with Crippen molar-refractivity contribution in [2.75, 3.05) is 46.9 Å². The van der Waals surface area contributed by atoms with E-state index in [9.17, 15) is 13.2 Å². The minimum absolute atomic E-state index is 0.0382. The van der Waals surface area contributed by atoms with Crippen LogP contribution in [-0.4, -0.2) is 76.5 Å². The summed E-state index contributed by atoms with van der Waals surface area (Å²) in [7, 11) is -0.660. The summed E-state index contributed by atoms with van der Waals surface area (Å²) in [6.45, 7) is 5.97. The van der Waals surface area contributed by atoms with E-state index >= 15 is 0 Å². The van der Waals surface area contributed by atoms with Gasteiger partial charge in [-0.25, -0.2) is 8.42 Å². The number of nitrogens with one attached hydrogen (secondary N) is 1. The summed E-state index contributed by atoms with van der Waals surface area (Å²) < 4.78 is 37.6. The third-order valence-electron chi connectivity index (χ3n) is 4.54. The molecular formula is C17H27N3O5S. The Kier molecular flexibility index (Phi) is 6.85. The van der Waals surface area contributed by atoms with Crippen LogP contribution in [0.25, 0.3) is 0 Å². The highest BCUT2D eigenvalue weighted by atomic mass is 32.2. The molecule has 0 bridgehead atoms. The molecule has 0 aromatic heterocycles. The van der Waals surface area contributed by atoms with Crippen molar-refractivity contribution >= 4 is 15.9 Å². The number of amides is 1. The van der Waals surface area contributed by atoms with Crippen LogP contribution < -0.4 is 14.8 Å². The van der Waals surface area contributed by atoms with Gasteiger partial charge in [0.05, 0.1) is 25.2 Å². The van der Waals surface area contributed by atoms with Crippen molar-refractivity contribution in [3.8, 4) is 11.5 Å². The lowest BCUT2D eigenvalue weighted by molar-refractivity contribution is -0.126. The van der Waals surface area contributed by atoms with Gasteiger partial charge in [0.2, 0.25) is 15.9 Å². The molecule has 8 nitrogen and oxygen atoms in total. The molecule has 1 heterocycles. The Morgan fingerprint density at radius 3 is 2.31 bits per heavy atom. The lowest BCUT2D eigenvalue weighted by Crippen LogP contribution is -2.54. The average Bonchev–Trinajstić information content (AvgIpc) is 2.67. The van der Waals surface area contributed by atoms with Gasteiger partial charge in [-0.05, 0) is 26.0 Å². The van der Waals surface area contributed by atoms with Crippen molar-refractivity contribution in [2.24, 2.45) is 0 Å². The second kappa shape index (κ2) is 8.70. The standard InChI is InChI=1S/C17H27N3O5S/c1-5-18-17(21)13(2)19-8-10-20(11-9-19)26(22,23)14-6-7-15(24-3)16(12-14)25-4/h6-7,12-13H,5,8-11H2,1-4H3,(H,18,21)/t13-/m0/s1. The molecule has 2 rings (SSSR count). The van der Waals surface area contributed by atoms with Gasteiger partial charge in [-0.2, -0.15) is 4.31 Å². The largest absolute Gasteiger partial charge is 0.493 e. The summed E-state index contributed by atoms with van der Waals surface area (Å²) >= 11 is 0. The number of nitrogens with zero attached hydrogens (tertiary/aromatic N) is 2. The lowest BCUT2D eigenvalue weighted by atomic mass is 10.2. The first-order valence-electron chi connectivity index (χ1n) is 8.59. The first-order chi connectivity index (χ1) is 12.3. The topological polar surface area (TPSA) is 88.2 Å². The molecule has 1 aliphatic rings. The van der Waals surface area contributed by atoms with Gasteiger partial charge in [0, 0.05) is 38.8 Å². The SMILES string of the molecule is CCNC(=O)[C@H](C)N1CCN(S(=O)(=O)c2ccc(OC)c(OC)c2)CC1. The van der Waals surface area contributed by atoms with Gasteiger partial charge in [-0.1, -0.05) is 0 Å². The molecule has 9 heteroatoms. The Balaban J connectivity index is 2.09. The number of benzene rings is 1. The van der Waals surface area contributed by atoms with Gasteiger partial charge >= 0.3 is 0 Å². The van der Waals surface area contributed by atoms with Crippen molar-refractivity contribution in [3.05, 3.63) is 18.2 Å². The van der Waals surface area contributed by atoms with E-state index in [-0.39, 0.29) is 16.8 Å². The number of hydrogen-bond acceptors (Lipinski definition) is 6. The van der Waals surface area contributed by atoms with Crippen LogP contribution in [0.4, 0.5) is 0 Å². The molecule has 1 atom stereocenters. The van der Waals surface area contributed by atoms with Crippen molar-refractivity contribution in [1.29, 1.82) is 0 Å². The van der Waals surface area contributed by atoms with E-state index in [1.54, 1.807) is 6.07 Å². The molecule has 1 fully saturated rings. The summed E-state index contributed by atoms with van der Waals surface area (Å²) in [6, 6.07) is 4.29. The van der Waals surface area contributed by atoms with Gasteiger partial charge in [0.1, 0.15) is 0 Å². The molecule has 1 amide bonds. The van der Waals surface area contributed by atoms with Crippen LogP contribution in [0.2, 0.25) is 0 Å². The number of piperazine rings is 1. The van der Waals surface area contributed by atoms with Gasteiger partial charge in [0.15, 0.2) is 11.5 Å². The third-order valence-corrected chi connectivity index (χ3v) is 6.44. The molecule has 1 N–H and O–H groups in total. The van der Waals surface area contributed by atoms with E-state index in [1.165, 1.54) is 30.7 Å². The number of carbonyl (C=O) groups excluding carboxylic acids is 1. The number of rotatable bonds is 7. The fraction of sp³-hybridized carbons (Fsp3) is 0.588. The maximum absolute atomic E-state index is 12.9. The first kappa shape index (κ1) is 20.5. The van der Waals surface area contributed by atoms with Crippen molar-refractivity contribution < 1.29 is 22.7 Å². The lowest BCUT2D eigenvalue weighted by Gasteiger charge is -2.36. The number of likely N-dealkylation sites (N-methyl/N-ethyl adjacent to an activating group) is 1. The monoisotopic (exact) mass is 385 g/mol. The van der Waals surface area contributed by atoms with Gasteiger partial charge < -0.3 is 14.8 Å². The highest BCUT2D eigenvalue weighted by molar-refractivity contribution is 7.89. The number of ether oxygens (including phenoxy) is 2. The predicted molar refractivity (Wildman–Crippen MR) is 98.0 cm³/mol. The zero-order valence-electron chi connectivity index (χ0n) is 15.7. The summed E-state index contributed by atoms with van der Waals surface area (Å²) in [6.07, 6.45) is 0. The quantitative estimate of drug-likeness (QED) is 0.737. The summed E-state index contributed by atoms with van der Waals surface area (Å²) in [5.74, 6) is 0.813.